The minimum Gasteiger partial charge on any atom is -0.360 e. The van der Waals surface area contributed by atoms with Crippen LogP contribution in [0.15, 0.2) is 36.7 Å². The number of H-pyrrole nitrogens is 1. The van der Waals surface area contributed by atoms with Crippen molar-refractivity contribution in [3.8, 4) is 11.3 Å². The molecule has 142 valence electrons. The van der Waals surface area contributed by atoms with Crippen molar-refractivity contribution in [3.05, 3.63) is 42.5 Å². The number of aromatic nitrogens is 3. The summed E-state index contributed by atoms with van der Waals surface area (Å²) in [7, 11) is 0. The molecule has 0 aliphatic carbocycles. The standard InChI is InChI=1S/C21H26FN5/c1-20(2)10-14(11-21(3,4)27-20)25-19-23-8-7-18(26-19)16-12-24-17-6-5-13(22)9-15(16)17/h5-9,12,14,24,27H,10-11H2,1-4H3,(H,23,25,26). The maximum Gasteiger partial charge on any atom is 0.223 e. The zero-order chi connectivity index (χ0) is 19.2. The zero-order valence-corrected chi connectivity index (χ0v) is 16.2. The molecule has 1 aromatic carbocycles. The lowest BCUT2D eigenvalue weighted by atomic mass is 9.80. The van der Waals surface area contributed by atoms with Crippen LogP contribution in [-0.2, 0) is 0 Å². The van der Waals surface area contributed by atoms with Crippen molar-refractivity contribution in [2.45, 2.75) is 57.7 Å². The lowest BCUT2D eigenvalue weighted by Crippen LogP contribution is -2.60. The SMILES string of the molecule is CC1(C)CC(Nc2nccc(-c3c[nH]c4ccc(F)cc34)n2)CC(C)(C)N1. The van der Waals surface area contributed by atoms with Crippen LogP contribution in [0.25, 0.3) is 22.2 Å². The van der Waals surface area contributed by atoms with E-state index in [1.165, 1.54) is 12.1 Å². The van der Waals surface area contributed by atoms with Gasteiger partial charge in [0.05, 0.1) is 5.69 Å². The Morgan fingerprint density at radius 3 is 2.59 bits per heavy atom. The van der Waals surface area contributed by atoms with Gasteiger partial charge in [-0.1, -0.05) is 0 Å². The van der Waals surface area contributed by atoms with Crippen molar-refractivity contribution < 1.29 is 4.39 Å². The van der Waals surface area contributed by atoms with Crippen LogP contribution in [0.2, 0.25) is 0 Å². The van der Waals surface area contributed by atoms with Gasteiger partial charge >= 0.3 is 0 Å². The van der Waals surface area contributed by atoms with Crippen LogP contribution in [0.5, 0.6) is 0 Å². The smallest absolute Gasteiger partial charge is 0.223 e. The Bertz CT molecular complexity index is 960. The molecule has 27 heavy (non-hydrogen) atoms. The molecule has 3 aromatic rings. The molecular formula is C21H26FN5. The molecular weight excluding hydrogens is 341 g/mol. The molecule has 0 atom stereocenters. The van der Waals surface area contributed by atoms with Gasteiger partial charge in [0, 0.05) is 46.0 Å². The van der Waals surface area contributed by atoms with Crippen LogP contribution >= 0.6 is 0 Å². The Kier molecular flexibility index (Phi) is 4.18. The second-order valence-corrected chi connectivity index (χ2v) is 8.80. The number of piperidine rings is 1. The van der Waals surface area contributed by atoms with Crippen molar-refractivity contribution in [1.82, 2.24) is 20.3 Å². The van der Waals surface area contributed by atoms with Gasteiger partial charge in [-0.3, -0.25) is 0 Å². The second-order valence-electron chi connectivity index (χ2n) is 8.80. The van der Waals surface area contributed by atoms with Gasteiger partial charge in [0.2, 0.25) is 5.95 Å². The van der Waals surface area contributed by atoms with Crippen molar-refractivity contribution in [1.29, 1.82) is 0 Å². The number of rotatable bonds is 3. The van der Waals surface area contributed by atoms with Crippen LogP contribution in [0.4, 0.5) is 10.3 Å². The van der Waals surface area contributed by atoms with E-state index in [1.54, 1.807) is 12.3 Å². The molecule has 0 radical (unpaired) electrons. The molecule has 3 heterocycles. The Balaban J connectivity index is 1.62. The summed E-state index contributed by atoms with van der Waals surface area (Å²) in [6.07, 6.45) is 5.59. The molecule has 1 fully saturated rings. The van der Waals surface area contributed by atoms with Gasteiger partial charge in [-0.15, -0.1) is 0 Å². The van der Waals surface area contributed by atoms with Crippen LogP contribution < -0.4 is 10.6 Å². The van der Waals surface area contributed by atoms with Gasteiger partial charge in [0.1, 0.15) is 5.82 Å². The van der Waals surface area contributed by atoms with Crippen molar-refractivity contribution >= 4 is 16.9 Å². The molecule has 1 aliphatic rings. The fraction of sp³-hybridized carbons (Fsp3) is 0.429. The first-order valence-corrected chi connectivity index (χ1v) is 9.37. The van der Waals surface area contributed by atoms with E-state index in [0.29, 0.717) is 5.95 Å². The minimum atomic E-state index is -0.255. The first-order valence-electron chi connectivity index (χ1n) is 9.37. The van der Waals surface area contributed by atoms with E-state index in [2.05, 4.69) is 48.3 Å². The Morgan fingerprint density at radius 1 is 1.11 bits per heavy atom. The lowest BCUT2D eigenvalue weighted by Gasteiger charge is -2.46. The summed E-state index contributed by atoms with van der Waals surface area (Å²) in [4.78, 5) is 12.3. The fourth-order valence-corrected chi connectivity index (χ4v) is 4.49. The third-order valence-electron chi connectivity index (χ3n) is 5.10. The van der Waals surface area contributed by atoms with E-state index in [1.807, 2.05) is 12.3 Å². The van der Waals surface area contributed by atoms with E-state index >= 15 is 0 Å². The van der Waals surface area contributed by atoms with Crippen LogP contribution in [0.1, 0.15) is 40.5 Å². The largest absolute Gasteiger partial charge is 0.360 e. The van der Waals surface area contributed by atoms with Crippen molar-refractivity contribution in [2.75, 3.05) is 5.32 Å². The average Bonchev–Trinajstić information content (AvgIpc) is 2.95. The van der Waals surface area contributed by atoms with Crippen molar-refractivity contribution in [2.24, 2.45) is 0 Å². The molecule has 0 saturated carbocycles. The van der Waals surface area contributed by atoms with Gasteiger partial charge in [-0.25, -0.2) is 14.4 Å². The Labute approximate surface area is 158 Å². The molecule has 0 bridgehead atoms. The average molecular weight is 367 g/mol. The molecule has 5 nitrogen and oxygen atoms in total. The number of hydrogen-bond donors (Lipinski definition) is 3. The van der Waals surface area contributed by atoms with Gasteiger partial charge in [0.15, 0.2) is 0 Å². The highest BCUT2D eigenvalue weighted by atomic mass is 19.1. The summed E-state index contributed by atoms with van der Waals surface area (Å²) >= 11 is 0. The Hall–Kier alpha value is -2.47. The van der Waals surface area contributed by atoms with E-state index < -0.39 is 0 Å². The number of hydrogen-bond acceptors (Lipinski definition) is 4. The van der Waals surface area contributed by atoms with Gasteiger partial charge in [-0.05, 0) is 64.8 Å². The third kappa shape index (κ3) is 3.81. The summed E-state index contributed by atoms with van der Waals surface area (Å²) in [6, 6.07) is 6.87. The van der Waals surface area contributed by atoms with E-state index in [9.17, 15) is 4.39 Å². The number of benzene rings is 1. The number of nitrogens with one attached hydrogen (secondary N) is 3. The van der Waals surface area contributed by atoms with E-state index in [-0.39, 0.29) is 22.9 Å². The first-order chi connectivity index (χ1) is 12.7. The third-order valence-corrected chi connectivity index (χ3v) is 5.10. The maximum absolute atomic E-state index is 13.7. The molecule has 2 aromatic heterocycles. The van der Waals surface area contributed by atoms with Gasteiger partial charge in [0.25, 0.3) is 0 Å². The molecule has 6 heteroatoms. The summed E-state index contributed by atoms with van der Waals surface area (Å²) < 4.78 is 13.7. The molecule has 0 spiro atoms. The van der Waals surface area contributed by atoms with Gasteiger partial charge in [-0.2, -0.15) is 0 Å². The highest BCUT2D eigenvalue weighted by Gasteiger charge is 2.37. The van der Waals surface area contributed by atoms with Gasteiger partial charge < -0.3 is 15.6 Å². The number of nitrogens with zero attached hydrogens (tertiary/aromatic N) is 2. The zero-order valence-electron chi connectivity index (χ0n) is 16.2. The predicted molar refractivity (Wildman–Crippen MR) is 107 cm³/mol. The number of aromatic amines is 1. The topological polar surface area (TPSA) is 65.6 Å². The lowest BCUT2D eigenvalue weighted by molar-refractivity contribution is 0.170. The highest BCUT2D eigenvalue weighted by Crippen LogP contribution is 2.31. The second kappa shape index (κ2) is 6.30. The summed E-state index contributed by atoms with van der Waals surface area (Å²) in [5.41, 5.74) is 2.63. The van der Waals surface area contributed by atoms with Crippen LogP contribution in [-0.4, -0.2) is 32.1 Å². The number of anilines is 1. The van der Waals surface area contributed by atoms with Crippen LogP contribution in [0.3, 0.4) is 0 Å². The molecule has 0 unspecified atom stereocenters. The quantitative estimate of drug-likeness (QED) is 0.638. The molecule has 3 N–H and O–H groups in total. The predicted octanol–water partition coefficient (Wildman–Crippen LogP) is 4.49. The van der Waals surface area contributed by atoms with Crippen molar-refractivity contribution in [3.63, 3.8) is 0 Å². The monoisotopic (exact) mass is 367 g/mol. The fourth-order valence-electron chi connectivity index (χ4n) is 4.49. The number of halogens is 1. The maximum atomic E-state index is 13.7. The van der Waals surface area contributed by atoms with E-state index in [0.717, 1.165) is 35.0 Å². The normalized spacial score (nSPS) is 19.3. The first kappa shape index (κ1) is 17.9. The molecule has 4 rings (SSSR count). The summed E-state index contributed by atoms with van der Waals surface area (Å²) in [6.45, 7) is 8.89. The molecule has 1 saturated heterocycles. The van der Waals surface area contributed by atoms with E-state index in [4.69, 9.17) is 4.98 Å². The minimum absolute atomic E-state index is 0.0470. The Morgan fingerprint density at radius 2 is 1.85 bits per heavy atom. The highest BCUT2D eigenvalue weighted by molar-refractivity contribution is 5.94. The number of fused-ring (bicyclic) bond motifs is 1. The molecule has 0 amide bonds. The summed E-state index contributed by atoms with van der Waals surface area (Å²) in [5.74, 6) is 0.353. The van der Waals surface area contributed by atoms with Crippen LogP contribution in [0, 0.1) is 5.82 Å². The summed E-state index contributed by atoms with van der Waals surface area (Å²) in [5, 5.41) is 8.02. The molecule has 1 aliphatic heterocycles.